The number of aryl methyl sites for hydroxylation is 1. The van der Waals surface area contributed by atoms with E-state index >= 15 is 0 Å². The van der Waals surface area contributed by atoms with Crippen molar-refractivity contribution < 1.29 is 4.79 Å². The Balaban J connectivity index is 2.07. The average Bonchev–Trinajstić information content (AvgIpc) is 2.47. The number of rotatable bonds is 4. The summed E-state index contributed by atoms with van der Waals surface area (Å²) < 4.78 is 0. The Morgan fingerprint density at radius 2 is 1.65 bits per heavy atom. The molecule has 2 rings (SSSR count). The van der Waals surface area contributed by atoms with Crippen LogP contribution in [-0.4, -0.2) is 5.91 Å². The quantitative estimate of drug-likeness (QED) is 0.896. The van der Waals surface area contributed by atoms with E-state index in [0.29, 0.717) is 0 Å². The molecule has 1 unspecified atom stereocenters. The van der Waals surface area contributed by atoms with Crippen molar-refractivity contribution in [2.24, 2.45) is 5.73 Å². The largest absolute Gasteiger partial charge is 0.348 e. The number of hydrogen-bond donors (Lipinski definition) is 2. The van der Waals surface area contributed by atoms with Crippen molar-refractivity contribution in [2.75, 3.05) is 0 Å². The molecule has 1 amide bonds. The zero-order valence-corrected chi connectivity index (χ0v) is 11.8. The van der Waals surface area contributed by atoms with Crippen molar-refractivity contribution >= 4 is 5.91 Å². The molecule has 0 spiro atoms. The highest BCUT2D eigenvalue weighted by molar-refractivity contribution is 5.83. The summed E-state index contributed by atoms with van der Waals surface area (Å²) >= 11 is 0. The predicted molar refractivity (Wildman–Crippen MR) is 81.1 cm³/mol. The summed E-state index contributed by atoms with van der Waals surface area (Å²) in [6.45, 7) is 4.01. The third kappa shape index (κ3) is 3.25. The lowest BCUT2D eigenvalue weighted by atomic mass is 10.0. The van der Waals surface area contributed by atoms with Gasteiger partial charge in [0.15, 0.2) is 0 Å². The van der Waals surface area contributed by atoms with Gasteiger partial charge < -0.3 is 11.1 Å². The van der Waals surface area contributed by atoms with Crippen LogP contribution in [0.15, 0.2) is 54.6 Å². The van der Waals surface area contributed by atoms with Crippen LogP contribution in [0, 0.1) is 6.92 Å². The summed E-state index contributed by atoms with van der Waals surface area (Å²) in [6, 6.07) is 16.7. The van der Waals surface area contributed by atoms with Crippen molar-refractivity contribution in [2.45, 2.75) is 25.9 Å². The van der Waals surface area contributed by atoms with Crippen LogP contribution in [0.5, 0.6) is 0 Å². The number of carbonyl (C=O) groups excluding carboxylic acids is 1. The molecule has 0 aliphatic rings. The van der Waals surface area contributed by atoms with Crippen molar-refractivity contribution in [3.05, 3.63) is 71.3 Å². The first-order valence-electron chi connectivity index (χ1n) is 6.76. The first kappa shape index (κ1) is 14.3. The molecule has 2 aromatic carbocycles. The maximum atomic E-state index is 12.2. The van der Waals surface area contributed by atoms with E-state index in [2.05, 4.69) is 5.32 Å². The summed E-state index contributed by atoms with van der Waals surface area (Å²) in [4.78, 5) is 12.2. The topological polar surface area (TPSA) is 55.1 Å². The zero-order valence-electron chi connectivity index (χ0n) is 11.8. The van der Waals surface area contributed by atoms with Crippen LogP contribution >= 0.6 is 0 Å². The van der Waals surface area contributed by atoms with Crippen LogP contribution in [0.25, 0.3) is 0 Å². The van der Waals surface area contributed by atoms with Crippen molar-refractivity contribution in [1.82, 2.24) is 5.32 Å². The molecule has 0 aliphatic carbocycles. The monoisotopic (exact) mass is 268 g/mol. The molecule has 0 aliphatic heterocycles. The van der Waals surface area contributed by atoms with Gasteiger partial charge >= 0.3 is 0 Å². The van der Waals surface area contributed by atoms with Gasteiger partial charge in [0.2, 0.25) is 5.91 Å². The van der Waals surface area contributed by atoms with Crippen LogP contribution in [0.2, 0.25) is 0 Å². The Morgan fingerprint density at radius 3 is 2.30 bits per heavy atom. The first-order chi connectivity index (χ1) is 9.59. The average molecular weight is 268 g/mol. The standard InChI is InChI=1S/C17H20N2O/c1-12-8-6-7-11-15(12)13(2)19-17(20)16(18)14-9-4-3-5-10-14/h3-11,13,16H,18H2,1-2H3,(H,19,20)/t13-,16?/m0/s1. The van der Waals surface area contributed by atoms with Crippen LogP contribution in [0.3, 0.4) is 0 Å². The van der Waals surface area contributed by atoms with Gasteiger partial charge in [-0.3, -0.25) is 4.79 Å². The van der Waals surface area contributed by atoms with Crippen molar-refractivity contribution in [3.63, 3.8) is 0 Å². The fourth-order valence-electron chi connectivity index (χ4n) is 2.27. The van der Waals surface area contributed by atoms with Crippen LogP contribution in [0.1, 0.15) is 35.7 Å². The van der Waals surface area contributed by atoms with Crippen molar-refractivity contribution in [1.29, 1.82) is 0 Å². The fraction of sp³-hybridized carbons (Fsp3) is 0.235. The van der Waals surface area contributed by atoms with Gasteiger partial charge in [0.1, 0.15) is 6.04 Å². The normalized spacial score (nSPS) is 13.6. The van der Waals surface area contributed by atoms with Crippen LogP contribution < -0.4 is 11.1 Å². The van der Waals surface area contributed by atoms with E-state index in [0.717, 1.165) is 16.7 Å². The summed E-state index contributed by atoms with van der Waals surface area (Å²) in [6.07, 6.45) is 0. The molecule has 104 valence electrons. The number of nitrogens with one attached hydrogen (secondary N) is 1. The minimum absolute atomic E-state index is 0.0570. The molecule has 3 nitrogen and oxygen atoms in total. The molecule has 20 heavy (non-hydrogen) atoms. The van der Waals surface area contributed by atoms with Crippen LogP contribution in [-0.2, 0) is 4.79 Å². The molecule has 3 heteroatoms. The van der Waals surface area contributed by atoms with Crippen LogP contribution in [0.4, 0.5) is 0 Å². The number of nitrogens with two attached hydrogens (primary N) is 1. The van der Waals surface area contributed by atoms with Crippen molar-refractivity contribution in [3.8, 4) is 0 Å². The Bertz CT molecular complexity index is 581. The summed E-state index contributed by atoms with van der Waals surface area (Å²) in [7, 11) is 0. The smallest absolute Gasteiger partial charge is 0.241 e. The molecule has 0 radical (unpaired) electrons. The number of amides is 1. The minimum Gasteiger partial charge on any atom is -0.348 e. The Labute approximate surface area is 119 Å². The molecule has 3 N–H and O–H groups in total. The number of benzene rings is 2. The van der Waals surface area contributed by atoms with E-state index in [1.54, 1.807) is 0 Å². The molecule has 0 heterocycles. The molecular weight excluding hydrogens is 248 g/mol. The maximum absolute atomic E-state index is 12.2. The van der Waals surface area contributed by atoms with E-state index in [4.69, 9.17) is 5.73 Å². The second-order valence-corrected chi connectivity index (χ2v) is 4.98. The van der Waals surface area contributed by atoms with Gasteiger partial charge in [0, 0.05) is 0 Å². The van der Waals surface area contributed by atoms with Gasteiger partial charge in [-0.25, -0.2) is 0 Å². The minimum atomic E-state index is -0.636. The summed E-state index contributed by atoms with van der Waals surface area (Å²) in [5.74, 6) is -0.160. The highest BCUT2D eigenvalue weighted by Gasteiger charge is 2.18. The van der Waals surface area contributed by atoms with E-state index in [1.807, 2.05) is 68.4 Å². The van der Waals surface area contributed by atoms with E-state index in [9.17, 15) is 4.79 Å². The van der Waals surface area contributed by atoms with E-state index < -0.39 is 6.04 Å². The lowest BCUT2D eigenvalue weighted by Gasteiger charge is -2.19. The lowest BCUT2D eigenvalue weighted by molar-refractivity contribution is -0.123. The first-order valence-corrected chi connectivity index (χ1v) is 6.76. The molecular formula is C17H20N2O. The molecule has 0 aromatic heterocycles. The van der Waals surface area contributed by atoms with Gasteiger partial charge in [0.25, 0.3) is 0 Å². The maximum Gasteiger partial charge on any atom is 0.241 e. The highest BCUT2D eigenvalue weighted by atomic mass is 16.2. The molecule has 2 atom stereocenters. The molecule has 0 fully saturated rings. The van der Waals surface area contributed by atoms with Gasteiger partial charge in [-0.15, -0.1) is 0 Å². The number of hydrogen-bond acceptors (Lipinski definition) is 2. The van der Waals surface area contributed by atoms with E-state index in [-0.39, 0.29) is 11.9 Å². The second-order valence-electron chi connectivity index (χ2n) is 4.98. The van der Waals surface area contributed by atoms with Gasteiger partial charge in [-0.05, 0) is 30.5 Å². The molecule has 0 saturated heterocycles. The lowest BCUT2D eigenvalue weighted by Crippen LogP contribution is -2.35. The Kier molecular flexibility index (Phi) is 4.53. The zero-order chi connectivity index (χ0) is 14.5. The molecule has 2 aromatic rings. The highest BCUT2D eigenvalue weighted by Crippen LogP contribution is 2.18. The van der Waals surface area contributed by atoms with Gasteiger partial charge in [-0.2, -0.15) is 0 Å². The third-order valence-corrected chi connectivity index (χ3v) is 3.45. The molecule has 0 bridgehead atoms. The Morgan fingerprint density at radius 1 is 1.05 bits per heavy atom. The SMILES string of the molecule is Cc1ccccc1[C@H](C)NC(=O)C(N)c1ccccc1. The fourth-order valence-corrected chi connectivity index (χ4v) is 2.27. The molecule has 0 saturated carbocycles. The summed E-state index contributed by atoms with van der Waals surface area (Å²) in [5, 5.41) is 2.97. The third-order valence-electron chi connectivity index (χ3n) is 3.45. The van der Waals surface area contributed by atoms with E-state index in [1.165, 1.54) is 0 Å². The number of carbonyl (C=O) groups is 1. The van der Waals surface area contributed by atoms with Gasteiger partial charge in [-0.1, -0.05) is 54.6 Å². The van der Waals surface area contributed by atoms with Gasteiger partial charge in [0.05, 0.1) is 6.04 Å². The second kappa shape index (κ2) is 6.35. The summed E-state index contributed by atoms with van der Waals surface area (Å²) in [5.41, 5.74) is 9.09. The predicted octanol–water partition coefficient (Wildman–Crippen LogP) is 2.87. The Hall–Kier alpha value is -2.13.